The van der Waals surface area contributed by atoms with Crippen LogP contribution in [-0.4, -0.2) is 41.0 Å². The lowest BCUT2D eigenvalue weighted by atomic mass is 9.90. The van der Waals surface area contributed by atoms with Crippen molar-refractivity contribution in [1.29, 1.82) is 5.39 Å². The second-order valence-corrected chi connectivity index (χ2v) is 4.79. The largest absolute Gasteiger partial charge is 0.460 e. The van der Waals surface area contributed by atoms with Crippen molar-refractivity contribution < 1.29 is 24.2 Å². The third-order valence-corrected chi connectivity index (χ3v) is 3.32. The monoisotopic (exact) mass is 316 g/mol. The first-order chi connectivity index (χ1) is 10.9. The number of diazo groups is 1. The standard InChI is InChI=1S/C15H13N3O5/c1-2-23-13(20)11(18-16)15(22)12(19)10(17-14(15)21)8-9-6-4-3-5-7-9/h3-8,11,22H,2H2,1H3/p+1/b10-8-. The van der Waals surface area contributed by atoms with Crippen molar-refractivity contribution in [3.05, 3.63) is 46.6 Å². The van der Waals surface area contributed by atoms with Gasteiger partial charge in [0.15, 0.2) is 0 Å². The molecule has 0 aliphatic carbocycles. The Labute approximate surface area is 131 Å². The molecule has 0 radical (unpaired) electrons. The van der Waals surface area contributed by atoms with E-state index in [-0.39, 0.29) is 12.3 Å². The van der Waals surface area contributed by atoms with Gasteiger partial charge in [0.1, 0.15) is 4.98 Å². The number of carbonyl (C=O) groups excluding carboxylic acids is 3. The Morgan fingerprint density at radius 2 is 2.09 bits per heavy atom. The minimum atomic E-state index is -2.85. The summed E-state index contributed by atoms with van der Waals surface area (Å²) >= 11 is 0. The number of hydrogen-bond acceptors (Lipinski definition) is 6. The van der Waals surface area contributed by atoms with Gasteiger partial charge in [0, 0.05) is 0 Å². The molecule has 2 atom stereocenters. The summed E-state index contributed by atoms with van der Waals surface area (Å²) in [5.74, 6) is -3.40. The fourth-order valence-corrected chi connectivity index (χ4v) is 2.17. The second-order valence-electron chi connectivity index (χ2n) is 4.79. The third kappa shape index (κ3) is 2.82. The summed E-state index contributed by atoms with van der Waals surface area (Å²) in [6, 6.07) is 6.53. The van der Waals surface area contributed by atoms with E-state index in [2.05, 4.69) is 15.0 Å². The highest BCUT2D eigenvalue weighted by atomic mass is 16.5. The minimum absolute atomic E-state index is 0.0660. The Kier molecular flexibility index (Phi) is 4.52. The van der Waals surface area contributed by atoms with Gasteiger partial charge >= 0.3 is 17.6 Å². The number of Topliss-reactive ketones (excluding diaryl/α,β-unsaturated/α-hetero) is 1. The average Bonchev–Trinajstić information content (AvgIpc) is 2.74. The zero-order chi connectivity index (χ0) is 17.0. The summed E-state index contributed by atoms with van der Waals surface area (Å²) in [5, 5.41) is 21.5. The lowest BCUT2D eigenvalue weighted by molar-refractivity contribution is -0.159. The Morgan fingerprint density at radius 3 is 2.65 bits per heavy atom. The minimum Gasteiger partial charge on any atom is -0.460 e. The molecular formula is C15H14N3O5+. The maximum Gasteiger partial charge on any atom is 0.452 e. The van der Waals surface area contributed by atoms with Crippen molar-refractivity contribution in [1.82, 2.24) is 5.32 Å². The summed E-state index contributed by atoms with van der Waals surface area (Å²) in [6.07, 6.45) is 1.35. The van der Waals surface area contributed by atoms with Gasteiger partial charge in [-0.3, -0.25) is 9.59 Å². The molecule has 1 aromatic carbocycles. The summed E-state index contributed by atoms with van der Waals surface area (Å²) in [5.41, 5.74) is -2.45. The van der Waals surface area contributed by atoms with Gasteiger partial charge in [0.25, 0.3) is 5.91 Å². The summed E-state index contributed by atoms with van der Waals surface area (Å²) in [4.78, 5) is 38.8. The van der Waals surface area contributed by atoms with E-state index in [0.717, 1.165) is 0 Å². The molecule has 8 nitrogen and oxygen atoms in total. The van der Waals surface area contributed by atoms with Crippen molar-refractivity contribution in [3.8, 4) is 0 Å². The summed E-state index contributed by atoms with van der Waals surface area (Å²) < 4.78 is 4.62. The average molecular weight is 316 g/mol. The van der Waals surface area contributed by atoms with Gasteiger partial charge < -0.3 is 15.2 Å². The number of nitrogens with one attached hydrogen (secondary N) is 1. The molecule has 1 heterocycles. The van der Waals surface area contributed by atoms with Gasteiger partial charge in [0.2, 0.25) is 11.2 Å². The molecule has 1 amide bonds. The number of nitrogens with zero attached hydrogens (tertiary/aromatic N) is 2. The zero-order valence-electron chi connectivity index (χ0n) is 12.2. The van der Waals surface area contributed by atoms with Gasteiger partial charge in [0.05, 0.1) is 12.3 Å². The van der Waals surface area contributed by atoms with Gasteiger partial charge in [-0.2, -0.15) is 0 Å². The van der Waals surface area contributed by atoms with Crippen LogP contribution in [-0.2, 0) is 19.1 Å². The molecule has 1 saturated heterocycles. The van der Waals surface area contributed by atoms with Crippen molar-refractivity contribution in [3.63, 3.8) is 0 Å². The molecule has 1 fully saturated rings. The van der Waals surface area contributed by atoms with E-state index in [4.69, 9.17) is 5.39 Å². The van der Waals surface area contributed by atoms with Crippen LogP contribution in [0.3, 0.4) is 0 Å². The molecule has 1 aromatic rings. The molecule has 1 aliphatic rings. The number of benzene rings is 1. The normalized spacial score (nSPS) is 23.3. The Morgan fingerprint density at radius 1 is 1.43 bits per heavy atom. The van der Waals surface area contributed by atoms with E-state index < -0.39 is 29.3 Å². The quantitative estimate of drug-likeness (QED) is 0.355. The van der Waals surface area contributed by atoms with Gasteiger partial charge in [-0.15, -0.1) is 0 Å². The Balaban J connectivity index is 2.39. The first kappa shape index (κ1) is 16.3. The number of hydrogen-bond donors (Lipinski definition) is 2. The predicted molar refractivity (Wildman–Crippen MR) is 78.0 cm³/mol. The maximum atomic E-state index is 12.4. The molecule has 23 heavy (non-hydrogen) atoms. The van der Waals surface area contributed by atoms with Crippen LogP contribution in [0.25, 0.3) is 11.1 Å². The van der Waals surface area contributed by atoms with Crippen LogP contribution >= 0.6 is 0 Å². The predicted octanol–water partition coefficient (Wildman–Crippen LogP) is 0.242. The number of aliphatic hydroxyl groups is 1. The first-order valence-corrected chi connectivity index (χ1v) is 6.81. The molecule has 2 N–H and O–H groups in total. The fraction of sp³-hybridized carbons (Fsp3) is 0.267. The molecule has 0 aromatic heterocycles. The van der Waals surface area contributed by atoms with Crippen molar-refractivity contribution in [2.45, 2.75) is 18.6 Å². The van der Waals surface area contributed by atoms with E-state index in [1.807, 2.05) is 0 Å². The maximum absolute atomic E-state index is 12.4. The molecule has 8 heteroatoms. The molecule has 2 rings (SSSR count). The molecule has 118 valence electrons. The number of carbonyl (C=O) groups is 3. The number of ketones is 1. The van der Waals surface area contributed by atoms with Crippen LogP contribution in [0.1, 0.15) is 12.5 Å². The molecule has 1 aliphatic heterocycles. The number of esters is 1. The number of amides is 1. The Hall–Kier alpha value is -3.05. The van der Waals surface area contributed by atoms with Gasteiger partial charge in [-0.25, -0.2) is 4.79 Å². The molecule has 0 spiro atoms. The van der Waals surface area contributed by atoms with Crippen LogP contribution in [0.2, 0.25) is 0 Å². The van der Waals surface area contributed by atoms with E-state index >= 15 is 0 Å². The summed E-state index contributed by atoms with van der Waals surface area (Å²) in [7, 11) is 0. The van der Waals surface area contributed by atoms with E-state index in [1.54, 1.807) is 30.3 Å². The zero-order valence-corrected chi connectivity index (χ0v) is 12.2. The molecule has 0 bridgehead atoms. The smallest absolute Gasteiger partial charge is 0.452 e. The highest BCUT2D eigenvalue weighted by Crippen LogP contribution is 2.27. The van der Waals surface area contributed by atoms with Gasteiger partial charge in [-0.1, -0.05) is 30.3 Å². The van der Waals surface area contributed by atoms with Crippen LogP contribution in [0, 0.1) is 5.39 Å². The lowest BCUT2D eigenvalue weighted by Gasteiger charge is -2.13. The van der Waals surface area contributed by atoms with Crippen LogP contribution in [0.5, 0.6) is 0 Å². The topological polar surface area (TPSA) is 121 Å². The lowest BCUT2D eigenvalue weighted by Crippen LogP contribution is -2.55. The molecule has 0 saturated carbocycles. The van der Waals surface area contributed by atoms with Crippen molar-refractivity contribution in [2.75, 3.05) is 6.61 Å². The first-order valence-electron chi connectivity index (χ1n) is 6.81. The number of rotatable bonds is 4. The van der Waals surface area contributed by atoms with Crippen LogP contribution in [0.4, 0.5) is 0 Å². The molecule has 2 unspecified atom stereocenters. The second kappa shape index (κ2) is 6.37. The fourth-order valence-electron chi connectivity index (χ4n) is 2.17. The highest BCUT2D eigenvalue weighted by molar-refractivity contribution is 6.27. The third-order valence-electron chi connectivity index (χ3n) is 3.32. The van der Waals surface area contributed by atoms with E-state index in [1.165, 1.54) is 13.0 Å². The van der Waals surface area contributed by atoms with Crippen LogP contribution in [0.15, 0.2) is 36.0 Å². The van der Waals surface area contributed by atoms with E-state index in [0.29, 0.717) is 5.56 Å². The highest BCUT2D eigenvalue weighted by Gasteiger charge is 2.68. The Bertz CT molecular complexity index is 722. The molecular weight excluding hydrogens is 302 g/mol. The summed E-state index contributed by atoms with van der Waals surface area (Å²) in [6.45, 7) is 1.43. The number of ether oxygens (including phenoxy) is 1. The van der Waals surface area contributed by atoms with Gasteiger partial charge in [-0.05, 0) is 18.6 Å². The van der Waals surface area contributed by atoms with Crippen molar-refractivity contribution >= 4 is 23.7 Å². The SMILES string of the molecule is CCOC(=O)C([N+]#N)C1(O)C(=O)N/C(=C\c2ccccc2)C1=O. The van der Waals surface area contributed by atoms with E-state index in [9.17, 15) is 19.5 Å². The van der Waals surface area contributed by atoms with Crippen molar-refractivity contribution in [2.24, 2.45) is 0 Å². The van der Waals surface area contributed by atoms with Crippen LogP contribution < -0.4 is 5.32 Å².